The van der Waals surface area contributed by atoms with Crippen molar-refractivity contribution in [3.63, 3.8) is 0 Å². The zero-order valence-corrected chi connectivity index (χ0v) is 12.8. The third kappa shape index (κ3) is 3.14. The highest BCUT2D eigenvalue weighted by Gasteiger charge is 2.31. The van der Waals surface area contributed by atoms with Crippen LogP contribution in [0.2, 0.25) is 0 Å². The van der Waals surface area contributed by atoms with Gasteiger partial charge in [-0.05, 0) is 55.0 Å². The Morgan fingerprint density at radius 1 is 1.20 bits per heavy atom. The third-order valence-electron chi connectivity index (χ3n) is 5.12. The molecule has 1 fully saturated rings. The summed E-state index contributed by atoms with van der Waals surface area (Å²) in [4.78, 5) is 2.41. The summed E-state index contributed by atoms with van der Waals surface area (Å²) in [6, 6.07) is 5.13. The Balaban J connectivity index is 2.14. The number of hydrogen-bond acceptors (Lipinski definition) is 2. The topological polar surface area (TPSA) is 29.3 Å². The molecular weight excluding hydrogens is 251 g/mol. The highest BCUT2D eigenvalue weighted by molar-refractivity contribution is 5.54. The molecule has 0 aromatic heterocycles. The van der Waals surface area contributed by atoms with Crippen molar-refractivity contribution in [1.82, 2.24) is 0 Å². The van der Waals surface area contributed by atoms with Crippen molar-refractivity contribution in [3.05, 3.63) is 29.6 Å². The maximum absolute atomic E-state index is 13.4. The van der Waals surface area contributed by atoms with Crippen LogP contribution in [0.25, 0.3) is 0 Å². The first-order valence-electron chi connectivity index (χ1n) is 7.87. The molecule has 20 heavy (non-hydrogen) atoms. The van der Waals surface area contributed by atoms with Crippen LogP contribution < -0.4 is 10.6 Å². The number of piperidine rings is 1. The maximum atomic E-state index is 13.4. The summed E-state index contributed by atoms with van der Waals surface area (Å²) in [5.41, 5.74) is 8.40. The second-order valence-electron chi connectivity index (χ2n) is 6.01. The molecule has 1 heterocycles. The van der Waals surface area contributed by atoms with Gasteiger partial charge in [-0.1, -0.05) is 26.7 Å². The fourth-order valence-corrected chi connectivity index (χ4v) is 3.40. The van der Waals surface area contributed by atoms with Crippen molar-refractivity contribution in [2.45, 2.75) is 46.0 Å². The molecule has 2 nitrogen and oxygen atoms in total. The van der Waals surface area contributed by atoms with E-state index < -0.39 is 0 Å². The Kier molecular flexibility index (Phi) is 5.03. The maximum Gasteiger partial charge on any atom is 0.123 e. The molecule has 0 spiro atoms. The summed E-state index contributed by atoms with van der Waals surface area (Å²) in [5.74, 6) is -0.161. The van der Waals surface area contributed by atoms with E-state index in [1.807, 2.05) is 6.07 Å². The second kappa shape index (κ2) is 6.57. The highest BCUT2D eigenvalue weighted by atomic mass is 19.1. The van der Waals surface area contributed by atoms with Crippen LogP contribution in [-0.4, -0.2) is 19.6 Å². The van der Waals surface area contributed by atoms with Crippen LogP contribution in [0.5, 0.6) is 0 Å². The van der Waals surface area contributed by atoms with Gasteiger partial charge in [-0.2, -0.15) is 0 Å². The van der Waals surface area contributed by atoms with Crippen molar-refractivity contribution in [3.8, 4) is 0 Å². The molecular formula is C17H27FN2. The van der Waals surface area contributed by atoms with Gasteiger partial charge in [-0.3, -0.25) is 0 Å². The normalized spacial score (nSPS) is 18.3. The Labute approximate surface area is 122 Å². The SMILES string of the molecule is CCC1(CC)CCN(c2ccc(F)cc2CCN)CC1. The minimum absolute atomic E-state index is 0.161. The Morgan fingerprint density at radius 3 is 2.40 bits per heavy atom. The van der Waals surface area contributed by atoms with E-state index in [9.17, 15) is 4.39 Å². The molecule has 1 aromatic carbocycles. The van der Waals surface area contributed by atoms with Gasteiger partial charge in [-0.25, -0.2) is 4.39 Å². The first-order chi connectivity index (χ1) is 9.64. The van der Waals surface area contributed by atoms with Crippen LogP contribution >= 0.6 is 0 Å². The van der Waals surface area contributed by atoms with Crippen LogP contribution in [0, 0.1) is 11.2 Å². The largest absolute Gasteiger partial charge is 0.371 e. The van der Waals surface area contributed by atoms with Gasteiger partial charge in [0.05, 0.1) is 0 Å². The van der Waals surface area contributed by atoms with Crippen LogP contribution in [-0.2, 0) is 6.42 Å². The van der Waals surface area contributed by atoms with Crippen LogP contribution in [0.15, 0.2) is 18.2 Å². The standard InChI is InChI=1S/C17H27FN2/c1-3-17(4-2)8-11-20(12-9-17)16-6-5-15(18)13-14(16)7-10-19/h5-6,13H,3-4,7-12,19H2,1-2H3. The molecule has 0 unspecified atom stereocenters. The second-order valence-corrected chi connectivity index (χ2v) is 6.01. The van der Waals surface area contributed by atoms with Crippen LogP contribution in [0.3, 0.4) is 0 Å². The summed E-state index contributed by atoms with van der Waals surface area (Å²) in [6.07, 6.45) is 5.74. The van der Waals surface area contributed by atoms with Gasteiger partial charge in [-0.15, -0.1) is 0 Å². The van der Waals surface area contributed by atoms with Gasteiger partial charge in [0, 0.05) is 18.8 Å². The van der Waals surface area contributed by atoms with E-state index in [0.717, 1.165) is 25.1 Å². The molecule has 2 N–H and O–H groups in total. The molecule has 3 heteroatoms. The zero-order chi connectivity index (χ0) is 14.6. The molecule has 2 rings (SSSR count). The number of nitrogens with zero attached hydrogens (tertiary/aromatic N) is 1. The molecule has 0 aliphatic carbocycles. The summed E-state index contributed by atoms with van der Waals surface area (Å²) in [6.45, 7) is 7.32. The minimum atomic E-state index is -0.161. The van der Waals surface area contributed by atoms with Crippen molar-refractivity contribution < 1.29 is 4.39 Å². The average molecular weight is 278 g/mol. The van der Waals surface area contributed by atoms with Crippen molar-refractivity contribution in [2.24, 2.45) is 11.1 Å². The Morgan fingerprint density at radius 2 is 1.85 bits per heavy atom. The fourth-order valence-electron chi connectivity index (χ4n) is 3.40. The van der Waals surface area contributed by atoms with E-state index in [0.29, 0.717) is 12.0 Å². The number of nitrogens with two attached hydrogens (primary N) is 1. The predicted octanol–water partition coefficient (Wildman–Crippen LogP) is 3.73. The number of benzene rings is 1. The molecule has 1 aliphatic rings. The number of anilines is 1. The first-order valence-corrected chi connectivity index (χ1v) is 7.87. The molecule has 0 atom stereocenters. The Hall–Kier alpha value is -1.09. The van der Waals surface area contributed by atoms with Gasteiger partial charge in [0.1, 0.15) is 5.82 Å². The highest BCUT2D eigenvalue weighted by Crippen LogP contribution is 2.39. The molecule has 112 valence electrons. The molecule has 1 aromatic rings. The van der Waals surface area contributed by atoms with Crippen LogP contribution in [0.1, 0.15) is 45.1 Å². The minimum Gasteiger partial charge on any atom is -0.371 e. The summed E-state index contributed by atoms with van der Waals surface area (Å²) in [5, 5.41) is 0. The lowest BCUT2D eigenvalue weighted by atomic mass is 9.74. The van der Waals surface area contributed by atoms with Gasteiger partial charge in [0.15, 0.2) is 0 Å². The summed E-state index contributed by atoms with van der Waals surface area (Å²) < 4.78 is 13.4. The van der Waals surface area contributed by atoms with Crippen molar-refractivity contribution >= 4 is 5.69 Å². The monoisotopic (exact) mass is 278 g/mol. The summed E-state index contributed by atoms with van der Waals surface area (Å²) in [7, 11) is 0. The molecule has 0 bridgehead atoms. The molecule has 0 amide bonds. The van der Waals surface area contributed by atoms with Crippen LogP contribution in [0.4, 0.5) is 10.1 Å². The van der Waals surface area contributed by atoms with Crippen molar-refractivity contribution in [1.29, 1.82) is 0 Å². The lowest BCUT2D eigenvalue weighted by Crippen LogP contribution is -2.40. The van der Waals surface area contributed by atoms with Crippen molar-refractivity contribution in [2.75, 3.05) is 24.5 Å². The third-order valence-corrected chi connectivity index (χ3v) is 5.12. The van der Waals surface area contributed by atoms with E-state index in [4.69, 9.17) is 5.73 Å². The van der Waals surface area contributed by atoms with E-state index in [-0.39, 0.29) is 5.82 Å². The average Bonchev–Trinajstić information content (AvgIpc) is 2.48. The first kappa shape index (κ1) is 15.3. The summed E-state index contributed by atoms with van der Waals surface area (Å²) >= 11 is 0. The van der Waals surface area contributed by atoms with Gasteiger partial charge in [0.25, 0.3) is 0 Å². The zero-order valence-electron chi connectivity index (χ0n) is 12.8. The Bertz CT molecular complexity index is 431. The lowest BCUT2D eigenvalue weighted by molar-refractivity contribution is 0.199. The predicted molar refractivity (Wildman–Crippen MR) is 83.6 cm³/mol. The molecule has 1 saturated heterocycles. The van der Waals surface area contributed by atoms with Gasteiger partial charge >= 0.3 is 0 Å². The quantitative estimate of drug-likeness (QED) is 0.889. The smallest absolute Gasteiger partial charge is 0.123 e. The van der Waals surface area contributed by atoms with Gasteiger partial charge in [0.2, 0.25) is 0 Å². The number of hydrogen-bond donors (Lipinski definition) is 1. The number of rotatable bonds is 5. The van der Waals surface area contributed by atoms with Gasteiger partial charge < -0.3 is 10.6 Å². The molecule has 0 radical (unpaired) electrons. The molecule has 1 aliphatic heterocycles. The van der Waals surface area contributed by atoms with E-state index >= 15 is 0 Å². The fraction of sp³-hybridized carbons (Fsp3) is 0.647. The number of halogens is 1. The lowest BCUT2D eigenvalue weighted by Gasteiger charge is -2.42. The molecule has 0 saturated carbocycles. The van der Waals surface area contributed by atoms with E-state index in [1.54, 1.807) is 12.1 Å². The van der Waals surface area contributed by atoms with E-state index in [2.05, 4.69) is 18.7 Å². The van der Waals surface area contributed by atoms with E-state index in [1.165, 1.54) is 31.4 Å².